The van der Waals surface area contributed by atoms with Crippen molar-refractivity contribution in [3.63, 3.8) is 0 Å². The van der Waals surface area contributed by atoms with E-state index in [2.05, 4.69) is 20.5 Å². The average Bonchev–Trinajstić information content (AvgIpc) is 3.39. The zero-order valence-corrected chi connectivity index (χ0v) is 36.2. The Bertz CT molecular complexity index is 2510. The maximum absolute atomic E-state index is 13.1. The van der Waals surface area contributed by atoms with Gasteiger partial charge in [0.25, 0.3) is 5.91 Å². The largest absolute Gasteiger partial charge is 1.00 e. The van der Waals surface area contributed by atoms with E-state index in [1.807, 2.05) is 0 Å². The van der Waals surface area contributed by atoms with Gasteiger partial charge in [-0.2, -0.15) is 10.2 Å². The Morgan fingerprint density at radius 1 is 0.800 bits per heavy atom. The van der Waals surface area contributed by atoms with Crippen molar-refractivity contribution >= 4 is 85.7 Å². The summed E-state index contributed by atoms with van der Waals surface area (Å²) in [5.74, 6) is -1.87. The maximum atomic E-state index is 13.1. The summed E-state index contributed by atoms with van der Waals surface area (Å²) < 4.78 is 107. The third-order valence-electron chi connectivity index (χ3n) is 6.76. The average molecular weight is 785 g/mol. The van der Waals surface area contributed by atoms with Crippen LogP contribution in [0.4, 0.5) is 11.4 Å². The molecule has 0 radical (unpaired) electrons. The molecule has 1 amide bonds. The summed E-state index contributed by atoms with van der Waals surface area (Å²) in [6, 6.07) is 12.2. The number of carbonyl (C=O) groups excluding carboxylic acids is 2. The van der Waals surface area contributed by atoms with Gasteiger partial charge in [-0.1, -0.05) is 30.3 Å². The molecular formula is C28H19N4Na3O11S4. The molecule has 1 unspecified atom stereocenters. The van der Waals surface area contributed by atoms with Crippen LogP contribution in [0, 0.1) is 6.92 Å². The fourth-order valence-electron chi connectivity index (χ4n) is 4.67. The number of Topliss-reactive ketones (excluding diaryl/α,β-unsaturated/α-hetero) is 1. The van der Waals surface area contributed by atoms with E-state index in [0.717, 1.165) is 42.5 Å². The number of carbonyl (C=O) groups is 2. The SMILES string of the molecule is CC(=O)C(/N=N/c1ccc(-c2nc3ccc(C)c(S(=O)(=O)[O-])c3s2)cc1S(=O)(=O)[O-])C(=O)Nc1ccc(S(=O)(=O)[O-])c2ccccc12.[Na+].[Na+].[Na+]. The molecule has 0 aliphatic carbocycles. The van der Waals surface area contributed by atoms with Crippen molar-refractivity contribution in [2.24, 2.45) is 10.2 Å². The molecule has 244 valence electrons. The number of benzene rings is 4. The summed E-state index contributed by atoms with van der Waals surface area (Å²) in [5, 5.41) is 10.1. The molecule has 1 N–H and O–H groups in total. The number of hydrogen-bond donors (Lipinski definition) is 1. The zero-order chi connectivity index (χ0) is 34.5. The van der Waals surface area contributed by atoms with Gasteiger partial charge in [0, 0.05) is 22.0 Å². The van der Waals surface area contributed by atoms with E-state index >= 15 is 0 Å². The fraction of sp³-hybridized carbons (Fsp3) is 0.107. The van der Waals surface area contributed by atoms with E-state index in [1.165, 1.54) is 49.4 Å². The van der Waals surface area contributed by atoms with Crippen LogP contribution in [-0.2, 0) is 39.9 Å². The Kier molecular flexibility index (Phi) is 15.3. The monoisotopic (exact) mass is 784 g/mol. The number of nitrogens with one attached hydrogen (secondary N) is 1. The van der Waals surface area contributed by atoms with Crippen LogP contribution in [0.15, 0.2) is 91.6 Å². The van der Waals surface area contributed by atoms with Crippen LogP contribution in [-0.4, -0.2) is 61.6 Å². The Hall–Kier alpha value is -1.50. The Morgan fingerprint density at radius 3 is 2.00 bits per heavy atom. The molecule has 0 fully saturated rings. The summed E-state index contributed by atoms with van der Waals surface area (Å²) in [4.78, 5) is 27.9. The number of nitrogens with zero attached hydrogens (tertiary/aromatic N) is 3. The molecule has 0 saturated carbocycles. The molecule has 4 aromatic carbocycles. The molecule has 22 heteroatoms. The van der Waals surface area contributed by atoms with Crippen LogP contribution in [0.1, 0.15) is 12.5 Å². The molecule has 0 aliphatic heterocycles. The van der Waals surface area contributed by atoms with Crippen molar-refractivity contribution in [3.8, 4) is 10.6 Å². The van der Waals surface area contributed by atoms with Gasteiger partial charge in [0.15, 0.2) is 5.78 Å². The molecule has 0 aliphatic rings. The Morgan fingerprint density at radius 2 is 1.42 bits per heavy atom. The van der Waals surface area contributed by atoms with E-state index in [9.17, 15) is 48.5 Å². The van der Waals surface area contributed by atoms with Crippen LogP contribution < -0.4 is 94.0 Å². The normalized spacial score (nSPS) is 12.5. The van der Waals surface area contributed by atoms with Gasteiger partial charge in [-0.05, 0) is 55.8 Å². The van der Waals surface area contributed by atoms with Crippen LogP contribution in [0.3, 0.4) is 0 Å². The van der Waals surface area contributed by atoms with Crippen LogP contribution in [0.5, 0.6) is 0 Å². The van der Waals surface area contributed by atoms with Gasteiger partial charge in [-0.25, -0.2) is 30.2 Å². The second-order valence-corrected chi connectivity index (χ2v) is 15.0. The van der Waals surface area contributed by atoms with Gasteiger partial charge in [0.05, 0.1) is 24.9 Å². The first-order valence-electron chi connectivity index (χ1n) is 13.0. The smallest absolute Gasteiger partial charge is 0.744 e. The van der Waals surface area contributed by atoms with E-state index in [0.29, 0.717) is 0 Å². The number of rotatable bonds is 9. The minimum absolute atomic E-state index is 0. The molecule has 0 saturated heterocycles. The van der Waals surface area contributed by atoms with Crippen molar-refractivity contribution in [2.75, 3.05) is 5.32 Å². The Balaban J connectivity index is 0.00000289. The second-order valence-electron chi connectivity index (χ2n) is 10.00. The molecule has 50 heavy (non-hydrogen) atoms. The van der Waals surface area contributed by atoms with E-state index in [4.69, 9.17) is 0 Å². The number of aryl methyl sites for hydroxylation is 1. The van der Waals surface area contributed by atoms with Gasteiger partial charge in [0.1, 0.15) is 41.0 Å². The molecule has 1 heterocycles. The number of aromatic nitrogens is 1. The maximum Gasteiger partial charge on any atom is 1.00 e. The van der Waals surface area contributed by atoms with Gasteiger partial charge < -0.3 is 19.0 Å². The van der Waals surface area contributed by atoms with Gasteiger partial charge in [-0.15, -0.1) is 11.3 Å². The second kappa shape index (κ2) is 17.1. The number of ketones is 1. The third-order valence-corrected chi connectivity index (χ3v) is 10.8. The van der Waals surface area contributed by atoms with Crippen molar-refractivity contribution in [1.82, 2.24) is 4.98 Å². The summed E-state index contributed by atoms with van der Waals surface area (Å²) in [6.45, 7) is 2.44. The fourth-order valence-corrected chi connectivity index (χ4v) is 8.27. The predicted molar refractivity (Wildman–Crippen MR) is 165 cm³/mol. The topological polar surface area (TPSA) is 255 Å². The van der Waals surface area contributed by atoms with Gasteiger partial charge >= 0.3 is 88.7 Å². The number of amides is 1. The zero-order valence-electron chi connectivity index (χ0n) is 26.9. The molecule has 0 bridgehead atoms. The van der Waals surface area contributed by atoms with Crippen LogP contribution in [0.2, 0.25) is 0 Å². The molecule has 1 atom stereocenters. The van der Waals surface area contributed by atoms with Crippen molar-refractivity contribution < 1.29 is 137 Å². The molecule has 1 aromatic heterocycles. The number of fused-ring (bicyclic) bond motifs is 2. The number of hydrogen-bond acceptors (Lipinski definition) is 15. The van der Waals surface area contributed by atoms with Crippen molar-refractivity contribution in [3.05, 3.63) is 72.3 Å². The first kappa shape index (κ1) is 44.7. The van der Waals surface area contributed by atoms with E-state index in [-0.39, 0.29) is 131 Å². The predicted octanol–water partition coefficient (Wildman–Crippen LogP) is -5.17. The quantitative estimate of drug-likeness (QED) is 0.0637. The summed E-state index contributed by atoms with van der Waals surface area (Å²) in [7, 11) is -15.0. The summed E-state index contributed by atoms with van der Waals surface area (Å²) in [5.41, 5.74) is -0.106. The van der Waals surface area contributed by atoms with Crippen molar-refractivity contribution in [1.29, 1.82) is 0 Å². The van der Waals surface area contributed by atoms with Crippen LogP contribution in [0.25, 0.3) is 31.6 Å². The number of thiazole rings is 1. The summed E-state index contributed by atoms with van der Waals surface area (Å²) in [6.07, 6.45) is 0. The molecule has 5 rings (SSSR count). The molecule has 15 nitrogen and oxygen atoms in total. The Labute approximate surface area is 356 Å². The van der Waals surface area contributed by atoms with E-state index in [1.54, 1.807) is 0 Å². The molecule has 0 spiro atoms. The number of anilines is 1. The van der Waals surface area contributed by atoms with Crippen LogP contribution >= 0.6 is 11.3 Å². The minimum Gasteiger partial charge on any atom is -0.744 e. The summed E-state index contributed by atoms with van der Waals surface area (Å²) >= 11 is 0.784. The standard InChI is InChI=1S/C28H22N4O11S4.3Na/c1-14-7-9-21-25(26(14)47(41,42)43)44-28(30-21)16-8-10-20(23(13-16)46(38,39)40)31-32-24(15(2)33)27(34)29-19-11-12-22(45(35,36)37)18-6-4-3-5-17(18)19;;;/h3-13,24H,1-2H3,(H,29,34)(H,35,36,37)(H,38,39,40)(H,41,42,43);;;/q;3*+1/p-3/b32-31+;;;. The molecule has 5 aromatic rings. The number of azo groups is 1. The van der Waals surface area contributed by atoms with Crippen molar-refractivity contribution in [2.45, 2.75) is 34.6 Å². The van der Waals surface area contributed by atoms with E-state index < -0.39 is 68.5 Å². The molecular weight excluding hydrogens is 766 g/mol. The van der Waals surface area contributed by atoms with Gasteiger partial charge in [-0.3, -0.25) is 9.59 Å². The third kappa shape index (κ3) is 9.72. The first-order chi connectivity index (χ1) is 21.9. The minimum atomic E-state index is -5.24. The van der Waals surface area contributed by atoms with Gasteiger partial charge in [0.2, 0.25) is 6.04 Å². The first-order valence-corrected chi connectivity index (χ1v) is 18.1.